The van der Waals surface area contributed by atoms with E-state index in [9.17, 15) is 14.4 Å². The highest BCUT2D eigenvalue weighted by Crippen LogP contribution is 2.16. The average Bonchev–Trinajstić information content (AvgIpc) is 3.41. The molecule has 0 N–H and O–H groups in total. The molecule has 430 valence electrons. The predicted octanol–water partition coefficient (Wildman–Crippen LogP) is 21.7. The SMILES string of the molecule is CC/C=C\C/C=C\C/C=C\C/C=C\C/C=C\CC(=O)OCC(COC(=O)CCCCCCCCCCCCC/C=C\CCCCCCCCCC)OC(=O)CCCCCCCCCCC/C=C\C/C=C\CCCCC. The molecule has 6 heteroatoms. The van der Waals surface area contributed by atoms with Gasteiger partial charge in [-0.2, -0.15) is 0 Å². The predicted molar refractivity (Wildman–Crippen MR) is 325 cm³/mol. The van der Waals surface area contributed by atoms with E-state index in [1.807, 2.05) is 6.08 Å². The van der Waals surface area contributed by atoms with E-state index in [1.54, 1.807) is 6.08 Å². The smallest absolute Gasteiger partial charge is 0.309 e. The Balaban J connectivity index is 4.41. The number of hydrogen-bond donors (Lipinski definition) is 0. The highest BCUT2D eigenvalue weighted by Gasteiger charge is 2.19. The second-order valence-corrected chi connectivity index (χ2v) is 20.9. The van der Waals surface area contributed by atoms with Gasteiger partial charge in [0.15, 0.2) is 6.10 Å². The molecule has 6 nitrogen and oxygen atoms in total. The minimum Gasteiger partial charge on any atom is -0.462 e. The molecule has 0 bridgehead atoms. The first-order valence-corrected chi connectivity index (χ1v) is 31.7. The van der Waals surface area contributed by atoms with Crippen LogP contribution in [-0.2, 0) is 28.6 Å². The van der Waals surface area contributed by atoms with Gasteiger partial charge in [0.1, 0.15) is 13.2 Å². The van der Waals surface area contributed by atoms with Crippen molar-refractivity contribution in [2.45, 2.75) is 309 Å². The number of rotatable bonds is 57. The van der Waals surface area contributed by atoms with Crippen LogP contribution in [0.25, 0.3) is 0 Å². The first kappa shape index (κ1) is 71.3. The van der Waals surface area contributed by atoms with E-state index in [4.69, 9.17) is 14.2 Å². The van der Waals surface area contributed by atoms with Crippen molar-refractivity contribution in [2.24, 2.45) is 0 Å². The summed E-state index contributed by atoms with van der Waals surface area (Å²) in [6.07, 6.45) is 84.4. The zero-order valence-electron chi connectivity index (χ0n) is 49.3. The summed E-state index contributed by atoms with van der Waals surface area (Å²) in [5.74, 6) is -1.04. The first-order valence-electron chi connectivity index (χ1n) is 31.7. The van der Waals surface area contributed by atoms with E-state index in [1.165, 1.54) is 186 Å². The van der Waals surface area contributed by atoms with Crippen LogP contribution in [0.4, 0.5) is 0 Å². The molecule has 0 aromatic carbocycles. The lowest BCUT2D eigenvalue weighted by atomic mass is 10.0. The van der Waals surface area contributed by atoms with Crippen LogP contribution in [0.2, 0.25) is 0 Å². The van der Waals surface area contributed by atoms with Gasteiger partial charge >= 0.3 is 17.9 Å². The van der Waals surface area contributed by atoms with Crippen molar-refractivity contribution in [3.63, 3.8) is 0 Å². The fourth-order valence-electron chi connectivity index (χ4n) is 8.84. The number of allylic oxidation sites excluding steroid dienone is 15. The second kappa shape index (κ2) is 62.9. The van der Waals surface area contributed by atoms with Gasteiger partial charge in [0.25, 0.3) is 0 Å². The van der Waals surface area contributed by atoms with E-state index in [0.717, 1.165) is 77.0 Å². The quantitative estimate of drug-likeness (QED) is 0.0261. The Hall–Kier alpha value is -3.67. The van der Waals surface area contributed by atoms with Crippen LogP contribution in [-0.4, -0.2) is 37.2 Å². The molecule has 0 amide bonds. The van der Waals surface area contributed by atoms with Crippen LogP contribution in [0.5, 0.6) is 0 Å². The minimum absolute atomic E-state index is 0.109. The Bertz CT molecular complexity index is 1480. The summed E-state index contributed by atoms with van der Waals surface area (Å²) in [5, 5.41) is 0. The molecule has 0 heterocycles. The Morgan fingerprint density at radius 2 is 0.573 bits per heavy atom. The standard InChI is InChI=1S/C69H118O6/c1-4-7-10-13-16-19-22-25-28-30-32-33-34-35-37-38-41-44-47-50-53-56-59-62-68(71)74-65-66(64-73-67(70)61-58-55-52-49-46-43-40-27-24-21-18-15-12-9-6-3)75-69(72)63-60-57-54-51-48-45-42-39-36-31-29-26-23-20-17-14-11-8-5-2/h9,12,17-18,20-21,26-27,29-30,32,40,46,49,55,58,66H,4-8,10-11,13-16,19,22-25,28,31,33-39,41-45,47-48,50-54,56-57,59-65H2,1-3H3/b12-9-,20-17-,21-18-,29-26-,32-30-,40-27-,49-46-,58-55-. The van der Waals surface area contributed by atoms with Gasteiger partial charge in [0, 0.05) is 12.8 Å². The molecule has 0 aliphatic rings. The Kier molecular flexibility index (Phi) is 59.8. The van der Waals surface area contributed by atoms with Crippen molar-refractivity contribution in [2.75, 3.05) is 13.2 Å². The highest BCUT2D eigenvalue weighted by molar-refractivity contribution is 5.72. The number of ether oxygens (including phenoxy) is 3. The number of unbranched alkanes of at least 4 members (excludes halogenated alkanes) is 31. The molecule has 0 aromatic rings. The van der Waals surface area contributed by atoms with Crippen molar-refractivity contribution >= 4 is 17.9 Å². The molecule has 1 unspecified atom stereocenters. The molecule has 0 spiro atoms. The zero-order valence-corrected chi connectivity index (χ0v) is 49.3. The largest absolute Gasteiger partial charge is 0.462 e. The molecular formula is C69H118O6. The molecule has 0 fully saturated rings. The maximum absolute atomic E-state index is 12.9. The number of carbonyl (C=O) groups is 3. The van der Waals surface area contributed by atoms with Gasteiger partial charge in [-0.25, -0.2) is 0 Å². The molecule has 75 heavy (non-hydrogen) atoms. The maximum Gasteiger partial charge on any atom is 0.309 e. The third-order valence-corrected chi connectivity index (χ3v) is 13.6. The number of hydrogen-bond acceptors (Lipinski definition) is 6. The van der Waals surface area contributed by atoms with Crippen LogP contribution in [0, 0.1) is 0 Å². The van der Waals surface area contributed by atoms with Gasteiger partial charge in [0.05, 0.1) is 6.42 Å². The Labute approximate surface area is 464 Å². The van der Waals surface area contributed by atoms with Crippen LogP contribution in [0.3, 0.4) is 0 Å². The molecular weight excluding hydrogens is 925 g/mol. The topological polar surface area (TPSA) is 78.9 Å². The first-order chi connectivity index (χ1) is 37.0. The number of esters is 3. The van der Waals surface area contributed by atoms with Crippen LogP contribution in [0.1, 0.15) is 303 Å². The number of carbonyl (C=O) groups excluding carboxylic acids is 3. The lowest BCUT2D eigenvalue weighted by Crippen LogP contribution is -2.30. The van der Waals surface area contributed by atoms with Gasteiger partial charge in [-0.15, -0.1) is 0 Å². The van der Waals surface area contributed by atoms with E-state index in [0.29, 0.717) is 12.8 Å². The van der Waals surface area contributed by atoms with Gasteiger partial charge in [-0.1, -0.05) is 279 Å². The van der Waals surface area contributed by atoms with Crippen LogP contribution in [0.15, 0.2) is 97.2 Å². The second-order valence-electron chi connectivity index (χ2n) is 20.9. The summed E-state index contributed by atoms with van der Waals surface area (Å²) in [6.45, 7) is 6.44. The zero-order chi connectivity index (χ0) is 54.3. The van der Waals surface area contributed by atoms with Gasteiger partial charge in [-0.05, 0) is 103 Å². The fraction of sp³-hybridized carbons (Fsp3) is 0.725. The summed E-state index contributed by atoms with van der Waals surface area (Å²) in [7, 11) is 0. The Morgan fingerprint density at radius 1 is 0.293 bits per heavy atom. The van der Waals surface area contributed by atoms with Crippen molar-refractivity contribution in [1.29, 1.82) is 0 Å². The molecule has 1 atom stereocenters. The lowest BCUT2D eigenvalue weighted by Gasteiger charge is -2.18. The van der Waals surface area contributed by atoms with Gasteiger partial charge < -0.3 is 14.2 Å². The molecule has 0 aliphatic carbocycles. The normalized spacial score (nSPS) is 12.7. The third-order valence-electron chi connectivity index (χ3n) is 13.6. The highest BCUT2D eigenvalue weighted by atomic mass is 16.6. The molecule has 0 saturated carbocycles. The molecule has 0 aliphatic heterocycles. The van der Waals surface area contributed by atoms with E-state index < -0.39 is 12.1 Å². The van der Waals surface area contributed by atoms with Crippen LogP contribution < -0.4 is 0 Å². The molecule has 0 saturated heterocycles. The monoisotopic (exact) mass is 1040 g/mol. The minimum atomic E-state index is -0.822. The summed E-state index contributed by atoms with van der Waals surface area (Å²) >= 11 is 0. The van der Waals surface area contributed by atoms with Crippen molar-refractivity contribution in [3.8, 4) is 0 Å². The summed E-state index contributed by atoms with van der Waals surface area (Å²) < 4.78 is 16.8. The summed E-state index contributed by atoms with van der Waals surface area (Å²) in [5.41, 5.74) is 0. The maximum atomic E-state index is 12.9. The van der Waals surface area contributed by atoms with Crippen molar-refractivity contribution < 1.29 is 28.6 Å². The van der Waals surface area contributed by atoms with E-state index >= 15 is 0 Å². The Morgan fingerprint density at radius 3 is 0.973 bits per heavy atom. The van der Waals surface area contributed by atoms with Crippen molar-refractivity contribution in [3.05, 3.63) is 97.2 Å². The molecule has 0 aromatic heterocycles. The lowest BCUT2D eigenvalue weighted by molar-refractivity contribution is -0.166. The van der Waals surface area contributed by atoms with Gasteiger partial charge in [0.2, 0.25) is 0 Å². The van der Waals surface area contributed by atoms with E-state index in [2.05, 4.69) is 106 Å². The van der Waals surface area contributed by atoms with Crippen molar-refractivity contribution in [1.82, 2.24) is 0 Å². The summed E-state index contributed by atoms with van der Waals surface area (Å²) in [4.78, 5) is 38.2. The van der Waals surface area contributed by atoms with E-state index in [-0.39, 0.29) is 31.6 Å². The average molecular weight is 1040 g/mol. The fourth-order valence-corrected chi connectivity index (χ4v) is 8.84. The van der Waals surface area contributed by atoms with Gasteiger partial charge in [-0.3, -0.25) is 14.4 Å². The molecule has 0 rings (SSSR count). The molecule has 0 radical (unpaired) electrons. The summed E-state index contributed by atoms with van der Waals surface area (Å²) in [6, 6.07) is 0. The van der Waals surface area contributed by atoms with Crippen LogP contribution >= 0.6 is 0 Å². The third kappa shape index (κ3) is 61.1.